The first-order chi connectivity index (χ1) is 8.96. The summed E-state index contributed by atoms with van der Waals surface area (Å²) in [7, 11) is -3.43. The molecule has 1 saturated heterocycles. The monoisotopic (exact) mass is 303 g/mol. The molecular formula is C13H18ClNO3S. The molecule has 1 aromatic rings. The summed E-state index contributed by atoms with van der Waals surface area (Å²) in [4.78, 5) is 0.280. The van der Waals surface area contributed by atoms with Crippen molar-refractivity contribution in [3.8, 4) is 5.75 Å². The van der Waals surface area contributed by atoms with Crippen LogP contribution < -0.4 is 4.74 Å². The molecule has 6 heteroatoms. The summed E-state index contributed by atoms with van der Waals surface area (Å²) in [5.41, 5.74) is 0.666. The van der Waals surface area contributed by atoms with Gasteiger partial charge in [-0.1, -0.05) is 11.6 Å². The van der Waals surface area contributed by atoms with E-state index in [4.69, 9.17) is 16.3 Å². The smallest absolute Gasteiger partial charge is 0.243 e. The van der Waals surface area contributed by atoms with Gasteiger partial charge in [-0.15, -0.1) is 0 Å². The summed E-state index contributed by atoms with van der Waals surface area (Å²) in [5, 5.41) is 0.338. The molecular weight excluding hydrogens is 286 g/mol. The Hall–Kier alpha value is -0.780. The van der Waals surface area contributed by atoms with Crippen molar-refractivity contribution in [1.29, 1.82) is 0 Å². The highest BCUT2D eigenvalue weighted by atomic mass is 35.5. The number of aryl methyl sites for hydroxylation is 1. The SMILES string of the molecule is CCOc1cc(C)c(S(=O)(=O)N2CCCC2)cc1Cl. The lowest BCUT2D eigenvalue weighted by atomic mass is 10.2. The number of ether oxygens (including phenoxy) is 1. The Kier molecular flexibility index (Phi) is 4.38. The third kappa shape index (κ3) is 2.88. The molecule has 106 valence electrons. The second kappa shape index (κ2) is 5.69. The van der Waals surface area contributed by atoms with Gasteiger partial charge in [0, 0.05) is 13.1 Å². The molecule has 4 nitrogen and oxygen atoms in total. The predicted molar refractivity (Wildman–Crippen MR) is 75.4 cm³/mol. The molecule has 2 rings (SSSR count). The maximum Gasteiger partial charge on any atom is 0.243 e. The molecule has 0 atom stereocenters. The lowest BCUT2D eigenvalue weighted by Crippen LogP contribution is -2.28. The summed E-state index contributed by atoms with van der Waals surface area (Å²) >= 11 is 6.08. The number of halogens is 1. The van der Waals surface area contributed by atoms with E-state index in [0.29, 0.717) is 36.0 Å². The summed E-state index contributed by atoms with van der Waals surface area (Å²) in [6.45, 7) is 5.30. The van der Waals surface area contributed by atoms with E-state index in [0.717, 1.165) is 12.8 Å². The number of hydrogen-bond donors (Lipinski definition) is 0. The highest BCUT2D eigenvalue weighted by molar-refractivity contribution is 7.89. The minimum atomic E-state index is -3.43. The van der Waals surface area contributed by atoms with Crippen LogP contribution in [0.25, 0.3) is 0 Å². The maximum atomic E-state index is 12.5. The number of hydrogen-bond acceptors (Lipinski definition) is 3. The number of nitrogens with zero attached hydrogens (tertiary/aromatic N) is 1. The van der Waals surface area contributed by atoms with Gasteiger partial charge < -0.3 is 4.74 Å². The Balaban J connectivity index is 2.42. The lowest BCUT2D eigenvalue weighted by Gasteiger charge is -2.18. The molecule has 0 unspecified atom stereocenters. The Labute approximate surface area is 119 Å². The van der Waals surface area contributed by atoms with Crippen LogP contribution in [0, 0.1) is 6.92 Å². The third-order valence-electron chi connectivity index (χ3n) is 3.21. The fourth-order valence-electron chi connectivity index (χ4n) is 2.25. The van der Waals surface area contributed by atoms with Gasteiger partial charge in [0.25, 0.3) is 0 Å². The topological polar surface area (TPSA) is 46.6 Å². The zero-order valence-corrected chi connectivity index (χ0v) is 12.7. The minimum Gasteiger partial charge on any atom is -0.492 e. The number of rotatable bonds is 4. The molecule has 19 heavy (non-hydrogen) atoms. The average Bonchev–Trinajstić information content (AvgIpc) is 2.88. The van der Waals surface area contributed by atoms with Crippen LogP contribution in [0.3, 0.4) is 0 Å². The van der Waals surface area contributed by atoms with Gasteiger partial charge in [0.2, 0.25) is 10.0 Å². The predicted octanol–water partition coefficient (Wildman–Crippen LogP) is 2.83. The van der Waals surface area contributed by atoms with E-state index < -0.39 is 10.0 Å². The standard InChI is InChI=1S/C13H18ClNO3S/c1-3-18-12-8-10(2)13(9-11(12)14)19(16,17)15-6-4-5-7-15/h8-9H,3-7H2,1-2H3. The minimum absolute atomic E-state index is 0.280. The second-order valence-corrected chi connectivity index (χ2v) is 6.91. The van der Waals surface area contributed by atoms with Crippen LogP contribution in [0.1, 0.15) is 25.3 Å². The first-order valence-corrected chi connectivity index (χ1v) is 8.21. The van der Waals surface area contributed by atoms with Crippen LogP contribution in [0.5, 0.6) is 5.75 Å². The van der Waals surface area contributed by atoms with E-state index in [2.05, 4.69) is 0 Å². The van der Waals surface area contributed by atoms with Crippen molar-refractivity contribution in [2.24, 2.45) is 0 Å². The van der Waals surface area contributed by atoms with Crippen molar-refractivity contribution in [2.45, 2.75) is 31.6 Å². The molecule has 0 spiro atoms. The molecule has 0 bridgehead atoms. The Bertz CT molecular complexity index is 565. The van der Waals surface area contributed by atoms with Gasteiger partial charge in [0.1, 0.15) is 5.75 Å². The molecule has 1 aromatic carbocycles. The zero-order chi connectivity index (χ0) is 14.0. The Morgan fingerprint density at radius 2 is 1.95 bits per heavy atom. The number of sulfonamides is 1. The average molecular weight is 304 g/mol. The molecule has 0 saturated carbocycles. The van der Waals surface area contributed by atoms with Crippen molar-refractivity contribution >= 4 is 21.6 Å². The molecule has 1 fully saturated rings. The van der Waals surface area contributed by atoms with E-state index in [1.807, 2.05) is 6.92 Å². The highest BCUT2D eigenvalue weighted by Crippen LogP contribution is 2.32. The molecule has 0 aromatic heterocycles. The largest absolute Gasteiger partial charge is 0.492 e. The fourth-order valence-corrected chi connectivity index (χ4v) is 4.28. The van der Waals surface area contributed by atoms with Crippen LogP contribution in [0.4, 0.5) is 0 Å². The van der Waals surface area contributed by atoms with Gasteiger partial charge in [0.05, 0.1) is 16.5 Å². The van der Waals surface area contributed by atoms with Gasteiger partial charge in [-0.2, -0.15) is 4.31 Å². The normalized spacial score (nSPS) is 16.8. The molecule has 1 aliphatic rings. The summed E-state index contributed by atoms with van der Waals surface area (Å²) < 4.78 is 31.9. The first-order valence-electron chi connectivity index (χ1n) is 6.40. The fraction of sp³-hybridized carbons (Fsp3) is 0.538. The Morgan fingerprint density at radius 1 is 1.32 bits per heavy atom. The van der Waals surface area contributed by atoms with Gasteiger partial charge in [-0.3, -0.25) is 0 Å². The van der Waals surface area contributed by atoms with Gasteiger partial charge in [-0.05, 0) is 44.4 Å². The van der Waals surface area contributed by atoms with E-state index in [1.54, 1.807) is 13.0 Å². The van der Waals surface area contributed by atoms with E-state index in [9.17, 15) is 8.42 Å². The quantitative estimate of drug-likeness (QED) is 0.859. The molecule has 1 aliphatic heterocycles. The van der Waals surface area contributed by atoms with E-state index >= 15 is 0 Å². The van der Waals surface area contributed by atoms with Crippen molar-refractivity contribution in [3.63, 3.8) is 0 Å². The van der Waals surface area contributed by atoms with Crippen LogP contribution in [-0.4, -0.2) is 32.4 Å². The maximum absolute atomic E-state index is 12.5. The zero-order valence-electron chi connectivity index (χ0n) is 11.1. The summed E-state index contributed by atoms with van der Waals surface area (Å²) in [6, 6.07) is 3.18. The highest BCUT2D eigenvalue weighted by Gasteiger charge is 2.29. The van der Waals surface area contributed by atoms with Gasteiger partial charge in [0.15, 0.2) is 0 Å². The summed E-state index contributed by atoms with van der Waals surface area (Å²) in [5.74, 6) is 0.530. The van der Waals surface area contributed by atoms with E-state index in [-0.39, 0.29) is 4.90 Å². The van der Waals surface area contributed by atoms with Crippen molar-refractivity contribution in [3.05, 3.63) is 22.7 Å². The van der Waals surface area contributed by atoms with Crippen molar-refractivity contribution in [2.75, 3.05) is 19.7 Å². The van der Waals surface area contributed by atoms with Gasteiger partial charge >= 0.3 is 0 Å². The third-order valence-corrected chi connectivity index (χ3v) is 5.55. The first kappa shape index (κ1) is 14.6. The lowest BCUT2D eigenvalue weighted by molar-refractivity contribution is 0.340. The molecule has 0 amide bonds. The van der Waals surface area contributed by atoms with Crippen LogP contribution >= 0.6 is 11.6 Å². The molecule has 0 radical (unpaired) electrons. The van der Waals surface area contributed by atoms with Crippen LogP contribution in [0.15, 0.2) is 17.0 Å². The van der Waals surface area contributed by atoms with Crippen molar-refractivity contribution < 1.29 is 13.2 Å². The van der Waals surface area contributed by atoms with Crippen LogP contribution in [0.2, 0.25) is 5.02 Å². The molecule has 0 N–H and O–H groups in total. The van der Waals surface area contributed by atoms with Crippen LogP contribution in [-0.2, 0) is 10.0 Å². The van der Waals surface area contributed by atoms with Gasteiger partial charge in [-0.25, -0.2) is 8.42 Å². The van der Waals surface area contributed by atoms with Crippen molar-refractivity contribution in [1.82, 2.24) is 4.31 Å². The molecule has 1 heterocycles. The number of benzene rings is 1. The summed E-state index contributed by atoms with van der Waals surface area (Å²) in [6.07, 6.45) is 1.84. The Morgan fingerprint density at radius 3 is 2.53 bits per heavy atom. The second-order valence-electron chi connectivity index (χ2n) is 4.59. The van der Waals surface area contributed by atoms with E-state index in [1.165, 1.54) is 10.4 Å². The molecule has 0 aliphatic carbocycles.